The van der Waals surface area contributed by atoms with E-state index >= 15 is 0 Å². The largest absolute Gasteiger partial charge is 0.481 e. The van der Waals surface area contributed by atoms with Crippen LogP contribution in [0.15, 0.2) is 0 Å². The summed E-state index contributed by atoms with van der Waals surface area (Å²) in [5.41, 5.74) is 0. The summed E-state index contributed by atoms with van der Waals surface area (Å²) in [6.07, 6.45) is 0.416. The van der Waals surface area contributed by atoms with Gasteiger partial charge in [0.1, 0.15) is 0 Å². The van der Waals surface area contributed by atoms with Crippen molar-refractivity contribution in [2.45, 2.75) is 13.3 Å². The quantitative estimate of drug-likeness (QED) is 0.699. The van der Waals surface area contributed by atoms with Gasteiger partial charge in [0.25, 0.3) is 0 Å². The number of thioether (sulfide) groups is 1. The van der Waals surface area contributed by atoms with E-state index in [0.29, 0.717) is 6.42 Å². The van der Waals surface area contributed by atoms with E-state index in [-0.39, 0.29) is 29.9 Å². The highest BCUT2D eigenvalue weighted by Gasteiger charge is 2.30. The summed E-state index contributed by atoms with van der Waals surface area (Å²) >= 11 is 1.27. The zero-order valence-corrected chi connectivity index (χ0v) is 9.25. The third-order valence-corrected chi connectivity index (χ3v) is 3.20. The number of carboxylic acids is 1. The molecule has 0 aromatic heterocycles. The average molecular weight is 231 g/mol. The summed E-state index contributed by atoms with van der Waals surface area (Å²) in [7, 11) is 0. The summed E-state index contributed by atoms with van der Waals surface area (Å²) in [4.78, 5) is 34.6. The highest BCUT2D eigenvalue weighted by Crippen LogP contribution is 2.15. The molecule has 6 heteroatoms. The Hall–Kier alpha value is -1.04. The number of rotatable bonds is 4. The maximum atomic E-state index is 11.4. The fraction of sp³-hybridized carbons (Fsp3) is 0.667. The molecule has 1 fully saturated rings. The molecule has 1 atom stereocenters. The molecule has 84 valence electrons. The highest BCUT2D eigenvalue weighted by atomic mass is 32.2. The number of amides is 2. The lowest BCUT2D eigenvalue weighted by Crippen LogP contribution is -2.46. The Bertz CT molecular complexity index is 276. The fourth-order valence-corrected chi connectivity index (χ4v) is 2.09. The van der Waals surface area contributed by atoms with Crippen LogP contribution >= 0.6 is 11.8 Å². The Morgan fingerprint density at radius 3 is 2.40 bits per heavy atom. The Kier molecular flexibility index (Phi) is 4.14. The van der Waals surface area contributed by atoms with Crippen molar-refractivity contribution < 1.29 is 19.5 Å². The Morgan fingerprint density at radius 2 is 2.00 bits per heavy atom. The first kappa shape index (κ1) is 12.0. The van der Waals surface area contributed by atoms with E-state index in [9.17, 15) is 14.4 Å². The molecule has 1 saturated heterocycles. The number of carbonyl (C=O) groups excluding carboxylic acids is 2. The minimum absolute atomic E-state index is 0.00403. The Morgan fingerprint density at radius 1 is 1.47 bits per heavy atom. The van der Waals surface area contributed by atoms with Crippen molar-refractivity contribution in [2.24, 2.45) is 5.92 Å². The highest BCUT2D eigenvalue weighted by molar-refractivity contribution is 8.00. The van der Waals surface area contributed by atoms with Gasteiger partial charge in [-0.3, -0.25) is 19.3 Å². The molecule has 1 rings (SSSR count). The molecule has 5 nitrogen and oxygen atoms in total. The van der Waals surface area contributed by atoms with Crippen LogP contribution in [0.3, 0.4) is 0 Å². The lowest BCUT2D eigenvalue weighted by atomic mass is 10.1. The molecule has 0 aliphatic carbocycles. The summed E-state index contributed by atoms with van der Waals surface area (Å²) in [6, 6.07) is 0. The van der Waals surface area contributed by atoms with Crippen LogP contribution in [0.1, 0.15) is 13.3 Å². The van der Waals surface area contributed by atoms with Crippen LogP contribution in [0.4, 0.5) is 0 Å². The normalized spacial score (nSPS) is 19.1. The number of hydrogen-bond acceptors (Lipinski definition) is 4. The minimum Gasteiger partial charge on any atom is -0.481 e. The second kappa shape index (κ2) is 5.16. The van der Waals surface area contributed by atoms with E-state index in [4.69, 9.17) is 5.11 Å². The van der Waals surface area contributed by atoms with E-state index in [1.54, 1.807) is 6.92 Å². The van der Waals surface area contributed by atoms with Crippen molar-refractivity contribution in [2.75, 3.05) is 18.1 Å². The molecule has 1 N–H and O–H groups in total. The van der Waals surface area contributed by atoms with Crippen molar-refractivity contribution in [1.82, 2.24) is 4.90 Å². The third-order valence-electron chi connectivity index (χ3n) is 2.30. The average Bonchev–Trinajstić information content (AvgIpc) is 2.17. The zero-order chi connectivity index (χ0) is 11.4. The van der Waals surface area contributed by atoms with E-state index in [1.165, 1.54) is 11.8 Å². The Labute approximate surface area is 91.8 Å². The number of hydrogen-bond donors (Lipinski definition) is 1. The number of carboxylic acid groups (broad SMARTS) is 1. The van der Waals surface area contributed by atoms with Crippen molar-refractivity contribution >= 4 is 29.5 Å². The van der Waals surface area contributed by atoms with E-state index in [0.717, 1.165) is 4.90 Å². The van der Waals surface area contributed by atoms with Crippen molar-refractivity contribution in [3.8, 4) is 0 Å². The summed E-state index contributed by atoms with van der Waals surface area (Å²) < 4.78 is 0. The zero-order valence-electron chi connectivity index (χ0n) is 8.43. The summed E-state index contributed by atoms with van der Waals surface area (Å²) in [5.74, 6) is -1.65. The molecule has 0 spiro atoms. The number of carbonyl (C=O) groups is 3. The van der Waals surface area contributed by atoms with E-state index in [2.05, 4.69) is 0 Å². The van der Waals surface area contributed by atoms with Gasteiger partial charge in [0.2, 0.25) is 11.8 Å². The standard InChI is InChI=1S/C9H13NO4S/c1-2-6(9(13)14)3-10-7(11)4-15-5-8(10)12/h6H,2-5H2,1H3,(H,13,14). The second-order valence-corrected chi connectivity index (χ2v) is 4.32. The molecule has 1 heterocycles. The molecular weight excluding hydrogens is 218 g/mol. The summed E-state index contributed by atoms with van der Waals surface area (Å²) in [5, 5.41) is 8.82. The molecule has 0 saturated carbocycles. The van der Waals surface area contributed by atoms with Gasteiger partial charge in [0.15, 0.2) is 0 Å². The van der Waals surface area contributed by atoms with Crippen LogP contribution in [-0.4, -0.2) is 45.8 Å². The van der Waals surface area contributed by atoms with Gasteiger partial charge in [0.05, 0.1) is 17.4 Å². The lowest BCUT2D eigenvalue weighted by molar-refractivity contribution is -0.147. The Balaban J connectivity index is 2.65. The monoisotopic (exact) mass is 231 g/mol. The molecule has 1 unspecified atom stereocenters. The van der Waals surface area contributed by atoms with Gasteiger partial charge >= 0.3 is 5.97 Å². The van der Waals surface area contributed by atoms with Crippen molar-refractivity contribution in [3.63, 3.8) is 0 Å². The van der Waals surface area contributed by atoms with Crippen molar-refractivity contribution in [1.29, 1.82) is 0 Å². The molecule has 0 aromatic carbocycles. The molecule has 0 radical (unpaired) electrons. The first-order valence-corrected chi connectivity index (χ1v) is 5.85. The smallest absolute Gasteiger partial charge is 0.308 e. The van der Waals surface area contributed by atoms with Crippen LogP contribution in [0, 0.1) is 5.92 Å². The van der Waals surface area contributed by atoms with Gasteiger partial charge in [-0.1, -0.05) is 6.92 Å². The van der Waals surface area contributed by atoms with Gasteiger partial charge < -0.3 is 5.11 Å². The number of imide groups is 1. The predicted molar refractivity (Wildman–Crippen MR) is 55.5 cm³/mol. The molecule has 2 amide bonds. The molecular formula is C9H13NO4S. The molecule has 1 aliphatic heterocycles. The van der Waals surface area contributed by atoms with Gasteiger partial charge in [-0.05, 0) is 6.42 Å². The topological polar surface area (TPSA) is 74.7 Å². The van der Waals surface area contributed by atoms with Crippen LogP contribution < -0.4 is 0 Å². The first-order chi connectivity index (χ1) is 7.06. The molecule has 15 heavy (non-hydrogen) atoms. The third kappa shape index (κ3) is 2.95. The van der Waals surface area contributed by atoms with Crippen molar-refractivity contribution in [3.05, 3.63) is 0 Å². The molecule has 0 bridgehead atoms. The SMILES string of the molecule is CCC(CN1C(=O)CSCC1=O)C(=O)O. The van der Waals surface area contributed by atoms with Crippen LogP contribution in [0.25, 0.3) is 0 Å². The van der Waals surface area contributed by atoms with Gasteiger partial charge in [-0.2, -0.15) is 0 Å². The van der Waals surface area contributed by atoms with Crippen LogP contribution in [-0.2, 0) is 14.4 Å². The van der Waals surface area contributed by atoms with Gasteiger partial charge in [-0.25, -0.2) is 0 Å². The molecule has 1 aliphatic rings. The maximum Gasteiger partial charge on any atom is 0.308 e. The minimum atomic E-state index is -0.962. The van der Waals surface area contributed by atoms with E-state index in [1.807, 2.05) is 0 Å². The van der Waals surface area contributed by atoms with Crippen LogP contribution in [0.2, 0.25) is 0 Å². The second-order valence-electron chi connectivity index (χ2n) is 3.33. The lowest BCUT2D eigenvalue weighted by Gasteiger charge is -2.26. The number of aliphatic carboxylic acids is 1. The summed E-state index contributed by atoms with van der Waals surface area (Å²) in [6.45, 7) is 1.73. The van der Waals surface area contributed by atoms with Crippen LogP contribution in [0.5, 0.6) is 0 Å². The fourth-order valence-electron chi connectivity index (χ4n) is 1.33. The predicted octanol–water partition coefficient (Wildman–Crippen LogP) is 0.199. The van der Waals surface area contributed by atoms with Gasteiger partial charge in [-0.15, -0.1) is 11.8 Å². The number of nitrogens with zero attached hydrogens (tertiary/aromatic N) is 1. The van der Waals surface area contributed by atoms with E-state index < -0.39 is 11.9 Å². The first-order valence-electron chi connectivity index (χ1n) is 4.70. The maximum absolute atomic E-state index is 11.4. The van der Waals surface area contributed by atoms with Gasteiger partial charge in [0, 0.05) is 6.54 Å². The molecule has 0 aromatic rings.